The van der Waals surface area contributed by atoms with Crippen LogP contribution in [0, 0.1) is 5.92 Å². The van der Waals surface area contributed by atoms with Crippen LogP contribution in [0.3, 0.4) is 0 Å². The van der Waals surface area contributed by atoms with Crippen molar-refractivity contribution >= 4 is 5.91 Å². The fourth-order valence-corrected chi connectivity index (χ4v) is 2.75. The lowest BCUT2D eigenvalue weighted by molar-refractivity contribution is -0.130. The summed E-state index contributed by atoms with van der Waals surface area (Å²) in [6.45, 7) is 7.37. The van der Waals surface area contributed by atoms with Crippen molar-refractivity contribution < 1.29 is 9.53 Å². The second-order valence-electron chi connectivity index (χ2n) is 6.03. The largest absolute Gasteiger partial charge is 0.378 e. The molecule has 2 atom stereocenters. The second-order valence-corrected chi connectivity index (χ2v) is 6.03. The van der Waals surface area contributed by atoms with Crippen LogP contribution in [0.5, 0.6) is 0 Å². The zero-order valence-corrected chi connectivity index (χ0v) is 13.4. The summed E-state index contributed by atoms with van der Waals surface area (Å²) >= 11 is 0. The van der Waals surface area contributed by atoms with Gasteiger partial charge in [0.2, 0.25) is 5.91 Å². The summed E-state index contributed by atoms with van der Waals surface area (Å²) in [5.41, 5.74) is 0. The third-order valence-corrected chi connectivity index (χ3v) is 4.13. The second kappa shape index (κ2) is 7.02. The number of rotatable bonds is 5. The van der Waals surface area contributed by atoms with Gasteiger partial charge in [0, 0.05) is 25.5 Å². The highest BCUT2D eigenvalue weighted by Crippen LogP contribution is 2.22. The molecule has 1 saturated heterocycles. The average molecular weight is 294 g/mol. The zero-order chi connectivity index (χ0) is 15.4. The Morgan fingerprint density at radius 3 is 2.86 bits per heavy atom. The molecule has 0 saturated carbocycles. The van der Waals surface area contributed by atoms with Crippen LogP contribution in [0.15, 0.2) is 0 Å². The van der Waals surface area contributed by atoms with E-state index in [0.717, 1.165) is 30.9 Å². The highest BCUT2D eigenvalue weighted by molar-refractivity contribution is 5.78. The maximum absolute atomic E-state index is 12.3. The van der Waals surface area contributed by atoms with E-state index in [-0.39, 0.29) is 17.9 Å². The molecule has 21 heavy (non-hydrogen) atoms. The van der Waals surface area contributed by atoms with E-state index in [1.807, 2.05) is 11.6 Å². The normalized spacial score (nSPS) is 22.5. The number of aromatic nitrogens is 3. The molecule has 6 nitrogen and oxygen atoms in total. The molecule has 2 heterocycles. The van der Waals surface area contributed by atoms with Crippen LogP contribution < -0.4 is 5.32 Å². The number of ether oxygens (including phenoxy) is 1. The molecule has 0 unspecified atom stereocenters. The lowest BCUT2D eigenvalue weighted by Gasteiger charge is -2.28. The summed E-state index contributed by atoms with van der Waals surface area (Å²) in [6.07, 6.45) is 2.80. The number of nitrogens with one attached hydrogen (secondary N) is 1. The van der Waals surface area contributed by atoms with Gasteiger partial charge in [-0.3, -0.25) is 4.79 Å². The van der Waals surface area contributed by atoms with Crippen molar-refractivity contribution in [2.45, 2.75) is 58.6 Å². The van der Waals surface area contributed by atoms with Gasteiger partial charge in [0.15, 0.2) is 5.82 Å². The Balaban J connectivity index is 1.89. The molecule has 0 aliphatic carbocycles. The SMILES string of the molecule is CC[C@H]1C[C@@H](C(=O)NCc2nnc(C(C)C)n2C)CCO1. The van der Waals surface area contributed by atoms with Crippen LogP contribution in [0.2, 0.25) is 0 Å². The summed E-state index contributed by atoms with van der Waals surface area (Å²) in [7, 11) is 1.94. The van der Waals surface area contributed by atoms with Crippen molar-refractivity contribution in [2.24, 2.45) is 13.0 Å². The Kier molecular flexibility index (Phi) is 5.33. The van der Waals surface area contributed by atoms with E-state index in [1.54, 1.807) is 0 Å². The van der Waals surface area contributed by atoms with Crippen molar-refractivity contribution in [2.75, 3.05) is 6.61 Å². The maximum Gasteiger partial charge on any atom is 0.223 e. The van der Waals surface area contributed by atoms with Crippen LogP contribution in [0.4, 0.5) is 0 Å². The lowest BCUT2D eigenvalue weighted by atomic mass is 9.93. The number of carbonyl (C=O) groups excluding carboxylic acids is 1. The first-order valence-corrected chi connectivity index (χ1v) is 7.80. The number of nitrogens with zero attached hydrogens (tertiary/aromatic N) is 3. The minimum absolute atomic E-state index is 0.0569. The van der Waals surface area contributed by atoms with E-state index >= 15 is 0 Å². The van der Waals surface area contributed by atoms with Gasteiger partial charge < -0.3 is 14.6 Å². The summed E-state index contributed by atoms with van der Waals surface area (Å²) in [6, 6.07) is 0. The van der Waals surface area contributed by atoms with E-state index in [9.17, 15) is 4.79 Å². The van der Waals surface area contributed by atoms with Gasteiger partial charge in [0.05, 0.1) is 12.6 Å². The maximum atomic E-state index is 12.3. The molecule has 1 aliphatic rings. The van der Waals surface area contributed by atoms with E-state index in [0.29, 0.717) is 19.1 Å². The molecular formula is C15H26N4O2. The average Bonchev–Trinajstić information content (AvgIpc) is 2.86. The predicted octanol–water partition coefficient (Wildman–Crippen LogP) is 1.76. The van der Waals surface area contributed by atoms with Gasteiger partial charge in [-0.2, -0.15) is 0 Å². The summed E-state index contributed by atoms with van der Waals surface area (Å²) in [4.78, 5) is 12.3. The standard InChI is InChI=1S/C15H26N4O2/c1-5-12-8-11(6-7-21-12)15(20)16-9-13-17-18-14(10(2)3)19(13)4/h10-12H,5-9H2,1-4H3,(H,16,20)/t11-,12-/m0/s1. The first kappa shape index (κ1) is 15.9. The molecule has 1 aliphatic heterocycles. The fourth-order valence-electron chi connectivity index (χ4n) is 2.75. The molecule has 6 heteroatoms. The molecule has 1 N–H and O–H groups in total. The van der Waals surface area contributed by atoms with Crippen LogP contribution in [0.25, 0.3) is 0 Å². The Hall–Kier alpha value is -1.43. The van der Waals surface area contributed by atoms with E-state index in [1.165, 1.54) is 0 Å². The third-order valence-electron chi connectivity index (χ3n) is 4.13. The summed E-state index contributed by atoms with van der Waals surface area (Å²) in [5.74, 6) is 2.22. The Bertz CT molecular complexity index is 484. The lowest BCUT2D eigenvalue weighted by Crippen LogP contribution is -2.37. The first-order chi connectivity index (χ1) is 10.0. The molecule has 1 amide bonds. The molecule has 1 fully saturated rings. The van der Waals surface area contributed by atoms with Gasteiger partial charge in [-0.15, -0.1) is 10.2 Å². The van der Waals surface area contributed by atoms with Gasteiger partial charge in [0.25, 0.3) is 0 Å². The molecule has 118 valence electrons. The Labute approximate surface area is 126 Å². The third kappa shape index (κ3) is 3.81. The minimum Gasteiger partial charge on any atom is -0.378 e. The van der Waals surface area contributed by atoms with Crippen LogP contribution >= 0.6 is 0 Å². The fraction of sp³-hybridized carbons (Fsp3) is 0.800. The van der Waals surface area contributed by atoms with Crippen LogP contribution in [-0.4, -0.2) is 33.4 Å². The quantitative estimate of drug-likeness (QED) is 0.898. The molecule has 2 rings (SSSR count). The first-order valence-electron chi connectivity index (χ1n) is 7.80. The van der Waals surface area contributed by atoms with E-state index in [2.05, 4.69) is 36.3 Å². The van der Waals surface area contributed by atoms with Crippen molar-refractivity contribution in [1.82, 2.24) is 20.1 Å². The highest BCUT2D eigenvalue weighted by Gasteiger charge is 2.27. The molecular weight excluding hydrogens is 268 g/mol. The van der Waals surface area contributed by atoms with Crippen molar-refractivity contribution in [3.05, 3.63) is 11.6 Å². The Morgan fingerprint density at radius 1 is 1.48 bits per heavy atom. The number of carbonyl (C=O) groups is 1. The zero-order valence-electron chi connectivity index (χ0n) is 13.4. The molecule has 1 aromatic rings. The van der Waals surface area contributed by atoms with Crippen molar-refractivity contribution in [3.63, 3.8) is 0 Å². The van der Waals surface area contributed by atoms with Crippen molar-refractivity contribution in [3.8, 4) is 0 Å². The predicted molar refractivity (Wildman–Crippen MR) is 79.7 cm³/mol. The van der Waals surface area contributed by atoms with E-state index in [4.69, 9.17) is 4.74 Å². The molecule has 0 aromatic carbocycles. The highest BCUT2D eigenvalue weighted by atomic mass is 16.5. The number of amides is 1. The number of hydrogen-bond acceptors (Lipinski definition) is 4. The van der Waals surface area contributed by atoms with Gasteiger partial charge >= 0.3 is 0 Å². The summed E-state index contributed by atoms with van der Waals surface area (Å²) in [5, 5.41) is 11.3. The van der Waals surface area contributed by atoms with Crippen LogP contribution in [0.1, 0.15) is 57.6 Å². The van der Waals surface area contributed by atoms with Gasteiger partial charge in [-0.1, -0.05) is 20.8 Å². The van der Waals surface area contributed by atoms with E-state index < -0.39 is 0 Å². The van der Waals surface area contributed by atoms with Gasteiger partial charge in [0.1, 0.15) is 5.82 Å². The minimum atomic E-state index is 0.0569. The van der Waals surface area contributed by atoms with Crippen molar-refractivity contribution in [1.29, 1.82) is 0 Å². The molecule has 0 spiro atoms. The molecule has 1 aromatic heterocycles. The monoisotopic (exact) mass is 294 g/mol. The molecule has 0 radical (unpaired) electrons. The van der Waals surface area contributed by atoms with Gasteiger partial charge in [-0.05, 0) is 19.3 Å². The summed E-state index contributed by atoms with van der Waals surface area (Å²) < 4.78 is 7.57. The van der Waals surface area contributed by atoms with Gasteiger partial charge in [-0.25, -0.2) is 0 Å². The molecule has 0 bridgehead atoms. The van der Waals surface area contributed by atoms with Crippen LogP contribution in [-0.2, 0) is 23.1 Å². The topological polar surface area (TPSA) is 69.0 Å². The smallest absolute Gasteiger partial charge is 0.223 e. The number of hydrogen-bond donors (Lipinski definition) is 1. The Morgan fingerprint density at radius 2 is 2.24 bits per heavy atom.